The van der Waals surface area contributed by atoms with Gasteiger partial charge >= 0.3 is 5.69 Å². The van der Waals surface area contributed by atoms with Crippen molar-refractivity contribution in [3.8, 4) is 0 Å². The maximum atomic E-state index is 12.3. The van der Waals surface area contributed by atoms with Gasteiger partial charge in [-0.25, -0.2) is 14.8 Å². The molecule has 0 aliphatic rings. The monoisotopic (exact) mass is 248 g/mol. The highest BCUT2D eigenvalue weighted by Gasteiger charge is 2.22. The summed E-state index contributed by atoms with van der Waals surface area (Å²) in [4.78, 5) is 32.8. The van der Waals surface area contributed by atoms with Crippen molar-refractivity contribution in [3.05, 3.63) is 33.2 Å². The fourth-order valence-electron chi connectivity index (χ4n) is 1.96. The van der Waals surface area contributed by atoms with Gasteiger partial charge in [-0.1, -0.05) is 0 Å². The van der Waals surface area contributed by atoms with Crippen LogP contribution in [0.5, 0.6) is 0 Å². The molecule has 18 heavy (non-hydrogen) atoms. The van der Waals surface area contributed by atoms with Crippen LogP contribution in [0.3, 0.4) is 0 Å². The fraction of sp³-hybridized carbons (Fsp3) is 0.500. The molecule has 0 N–H and O–H groups in total. The molecule has 0 aromatic carbocycles. The van der Waals surface area contributed by atoms with Crippen molar-refractivity contribution >= 4 is 11.2 Å². The van der Waals surface area contributed by atoms with Crippen molar-refractivity contribution in [2.45, 2.75) is 39.8 Å². The summed E-state index contributed by atoms with van der Waals surface area (Å²) in [6.45, 7) is 7.74. The number of nitrogens with zero attached hydrogens (tertiary/aromatic N) is 4. The molecule has 0 fully saturated rings. The first-order valence-corrected chi connectivity index (χ1v) is 5.85. The molecular weight excluding hydrogens is 232 g/mol. The zero-order valence-electron chi connectivity index (χ0n) is 11.0. The molecular formula is C12H16N4O2. The average Bonchev–Trinajstić information content (AvgIpc) is 2.28. The molecule has 0 aliphatic heterocycles. The third kappa shape index (κ3) is 1.73. The van der Waals surface area contributed by atoms with E-state index in [0.717, 1.165) is 0 Å². The van der Waals surface area contributed by atoms with Crippen molar-refractivity contribution in [2.75, 3.05) is 0 Å². The normalized spacial score (nSPS) is 12.0. The van der Waals surface area contributed by atoms with Gasteiger partial charge in [-0.15, -0.1) is 0 Å². The number of fused-ring (bicyclic) bond motifs is 1. The lowest BCUT2D eigenvalue weighted by atomic mass is 10.1. The minimum atomic E-state index is -0.587. The molecule has 6 heteroatoms. The van der Waals surface area contributed by atoms with Crippen LogP contribution in [0.25, 0.3) is 11.2 Å². The van der Waals surface area contributed by atoms with Crippen molar-refractivity contribution < 1.29 is 0 Å². The van der Waals surface area contributed by atoms with Gasteiger partial charge in [0.15, 0.2) is 11.2 Å². The molecule has 0 saturated carbocycles. The summed E-state index contributed by atoms with van der Waals surface area (Å²) < 4.78 is 2.70. The number of hydrogen-bond donors (Lipinski definition) is 0. The Morgan fingerprint density at radius 1 is 1.17 bits per heavy atom. The Balaban J connectivity index is 3.08. The summed E-state index contributed by atoms with van der Waals surface area (Å²) in [5.41, 5.74) is -0.746. The predicted octanol–water partition coefficient (Wildman–Crippen LogP) is 0.728. The molecule has 0 unspecified atom stereocenters. The van der Waals surface area contributed by atoms with E-state index in [1.165, 1.54) is 21.5 Å². The number of rotatable bonds is 1. The van der Waals surface area contributed by atoms with Crippen LogP contribution >= 0.6 is 0 Å². The van der Waals surface area contributed by atoms with E-state index in [1.54, 1.807) is 0 Å². The van der Waals surface area contributed by atoms with Crippen molar-refractivity contribution in [1.82, 2.24) is 19.1 Å². The van der Waals surface area contributed by atoms with Crippen LogP contribution < -0.4 is 11.2 Å². The maximum absolute atomic E-state index is 12.3. The van der Waals surface area contributed by atoms with Crippen LogP contribution in [0.2, 0.25) is 0 Å². The van der Waals surface area contributed by atoms with Gasteiger partial charge in [-0.2, -0.15) is 0 Å². The topological polar surface area (TPSA) is 69.8 Å². The summed E-state index contributed by atoms with van der Waals surface area (Å²) in [5.74, 6) is 0. The van der Waals surface area contributed by atoms with E-state index in [0.29, 0.717) is 12.2 Å². The Morgan fingerprint density at radius 2 is 1.78 bits per heavy atom. The second-order valence-corrected chi connectivity index (χ2v) is 5.07. The molecule has 0 aliphatic carbocycles. The summed E-state index contributed by atoms with van der Waals surface area (Å²) >= 11 is 0. The molecule has 0 radical (unpaired) electrons. The predicted molar refractivity (Wildman–Crippen MR) is 68.7 cm³/mol. The third-order valence-corrected chi connectivity index (χ3v) is 2.75. The quantitative estimate of drug-likeness (QED) is 0.746. The second kappa shape index (κ2) is 4.04. The van der Waals surface area contributed by atoms with Gasteiger partial charge in [0.05, 0.1) is 0 Å². The largest absolute Gasteiger partial charge is 0.333 e. The summed E-state index contributed by atoms with van der Waals surface area (Å²) in [6, 6.07) is 0. The molecule has 0 spiro atoms. The highest BCUT2D eigenvalue weighted by molar-refractivity contribution is 5.68. The van der Waals surface area contributed by atoms with E-state index in [2.05, 4.69) is 9.97 Å². The van der Waals surface area contributed by atoms with E-state index in [9.17, 15) is 9.59 Å². The van der Waals surface area contributed by atoms with Crippen LogP contribution in [0, 0.1) is 0 Å². The van der Waals surface area contributed by atoms with Gasteiger partial charge in [-0.05, 0) is 27.7 Å². The van der Waals surface area contributed by atoms with Crippen LogP contribution in [0.1, 0.15) is 27.7 Å². The summed E-state index contributed by atoms with van der Waals surface area (Å²) in [5, 5.41) is 0. The van der Waals surface area contributed by atoms with Crippen LogP contribution in [-0.4, -0.2) is 19.1 Å². The molecule has 2 aromatic rings. The Hall–Kier alpha value is -1.98. The van der Waals surface area contributed by atoms with Gasteiger partial charge in [0.2, 0.25) is 0 Å². The maximum Gasteiger partial charge on any atom is 0.333 e. The first-order valence-electron chi connectivity index (χ1n) is 5.85. The highest BCUT2D eigenvalue weighted by Crippen LogP contribution is 2.09. The standard InChI is InChI=1S/C12H16N4O2/c1-5-15-9-8(13-6-7-14-9)10(17)16(11(15)18)12(2,3)4/h6-7H,5H2,1-4H3. The summed E-state index contributed by atoms with van der Waals surface area (Å²) in [7, 11) is 0. The molecule has 0 saturated heterocycles. The first-order chi connectivity index (χ1) is 8.38. The van der Waals surface area contributed by atoms with Crippen LogP contribution in [-0.2, 0) is 12.1 Å². The van der Waals surface area contributed by atoms with E-state index in [1.807, 2.05) is 27.7 Å². The zero-order chi connectivity index (χ0) is 13.5. The second-order valence-electron chi connectivity index (χ2n) is 5.07. The SMILES string of the molecule is CCn1c(=O)n(C(C)(C)C)c(=O)c2nccnc21. The first kappa shape index (κ1) is 12.5. The van der Waals surface area contributed by atoms with Gasteiger partial charge in [0.1, 0.15) is 0 Å². The molecule has 0 amide bonds. The van der Waals surface area contributed by atoms with Crippen molar-refractivity contribution in [1.29, 1.82) is 0 Å². The smallest absolute Gasteiger partial charge is 0.276 e. The minimum Gasteiger partial charge on any atom is -0.276 e. The Labute approximate surface area is 104 Å². The summed E-state index contributed by atoms with van der Waals surface area (Å²) in [6.07, 6.45) is 2.94. The van der Waals surface area contributed by atoms with E-state index >= 15 is 0 Å². The van der Waals surface area contributed by atoms with Gasteiger partial charge in [0, 0.05) is 24.5 Å². The lowest BCUT2D eigenvalue weighted by Gasteiger charge is -2.22. The lowest BCUT2D eigenvalue weighted by molar-refractivity contribution is 0.358. The third-order valence-electron chi connectivity index (χ3n) is 2.75. The number of aromatic nitrogens is 4. The molecule has 6 nitrogen and oxygen atoms in total. The van der Waals surface area contributed by atoms with Crippen molar-refractivity contribution in [3.63, 3.8) is 0 Å². The van der Waals surface area contributed by atoms with Crippen molar-refractivity contribution in [2.24, 2.45) is 0 Å². The lowest BCUT2D eigenvalue weighted by Crippen LogP contribution is -2.48. The minimum absolute atomic E-state index is 0.230. The van der Waals surface area contributed by atoms with E-state index < -0.39 is 5.54 Å². The Morgan fingerprint density at radius 3 is 2.33 bits per heavy atom. The van der Waals surface area contributed by atoms with Gasteiger partial charge in [0.25, 0.3) is 5.56 Å². The molecule has 0 bridgehead atoms. The average molecular weight is 248 g/mol. The van der Waals surface area contributed by atoms with Crippen LogP contribution in [0.4, 0.5) is 0 Å². The molecule has 2 heterocycles. The molecule has 2 aromatic heterocycles. The van der Waals surface area contributed by atoms with Crippen LogP contribution in [0.15, 0.2) is 22.0 Å². The fourth-order valence-corrected chi connectivity index (χ4v) is 1.96. The van der Waals surface area contributed by atoms with E-state index in [-0.39, 0.29) is 16.8 Å². The van der Waals surface area contributed by atoms with E-state index in [4.69, 9.17) is 0 Å². The molecule has 2 rings (SSSR count). The van der Waals surface area contributed by atoms with Gasteiger partial charge < -0.3 is 0 Å². The Kier molecular flexibility index (Phi) is 2.80. The number of aryl methyl sites for hydroxylation is 1. The molecule has 0 atom stereocenters. The Bertz CT molecular complexity index is 707. The zero-order valence-corrected chi connectivity index (χ0v) is 11.0. The molecule has 96 valence electrons. The van der Waals surface area contributed by atoms with Gasteiger partial charge in [-0.3, -0.25) is 13.9 Å². The highest BCUT2D eigenvalue weighted by atomic mass is 16.2. The number of hydrogen-bond acceptors (Lipinski definition) is 4.